The van der Waals surface area contributed by atoms with Gasteiger partial charge in [-0.3, -0.25) is 14.8 Å². The predicted molar refractivity (Wildman–Crippen MR) is 97.8 cm³/mol. The largest absolute Gasteiger partial charge is 0.381 e. The second kappa shape index (κ2) is 6.41. The lowest BCUT2D eigenvalue weighted by Crippen LogP contribution is -2.36. The molecule has 10 heteroatoms. The maximum absolute atomic E-state index is 6.08. The van der Waals surface area contributed by atoms with Crippen LogP contribution in [0.25, 0.3) is 22.3 Å². The van der Waals surface area contributed by atoms with Crippen molar-refractivity contribution < 1.29 is 0 Å². The van der Waals surface area contributed by atoms with Crippen LogP contribution < -0.4 is 16.2 Å². The number of aryl methyl sites for hydroxylation is 1. The highest BCUT2D eigenvalue weighted by Crippen LogP contribution is 2.24. The van der Waals surface area contributed by atoms with Gasteiger partial charge < -0.3 is 5.73 Å². The SMILES string of the molecule is CNN(Cc1[nH]nc2ncccc12)c1nc(-c2cnn(C)c2)cnc1N. The van der Waals surface area contributed by atoms with Crippen LogP contribution in [0.15, 0.2) is 36.9 Å². The molecule has 0 amide bonds. The summed E-state index contributed by atoms with van der Waals surface area (Å²) < 4.78 is 1.71. The number of hydrazine groups is 1. The molecule has 0 spiro atoms. The minimum Gasteiger partial charge on any atom is -0.381 e. The lowest BCUT2D eigenvalue weighted by Gasteiger charge is -2.23. The van der Waals surface area contributed by atoms with Crippen molar-refractivity contribution in [1.82, 2.24) is 40.4 Å². The number of rotatable bonds is 5. The summed E-state index contributed by atoms with van der Waals surface area (Å²) in [6.07, 6.45) is 6.96. The first-order valence-electron chi connectivity index (χ1n) is 8.00. The highest BCUT2D eigenvalue weighted by atomic mass is 15.5. The molecule has 4 N–H and O–H groups in total. The molecule has 26 heavy (non-hydrogen) atoms. The van der Waals surface area contributed by atoms with E-state index in [0.29, 0.717) is 29.5 Å². The molecule has 0 saturated carbocycles. The van der Waals surface area contributed by atoms with Gasteiger partial charge in [0.25, 0.3) is 0 Å². The highest BCUT2D eigenvalue weighted by molar-refractivity contribution is 5.77. The molecule has 0 aliphatic rings. The van der Waals surface area contributed by atoms with Gasteiger partial charge in [0.05, 0.1) is 30.3 Å². The van der Waals surface area contributed by atoms with Gasteiger partial charge in [0.15, 0.2) is 17.3 Å². The summed E-state index contributed by atoms with van der Waals surface area (Å²) in [5.41, 5.74) is 12.3. The molecule has 10 nitrogen and oxygen atoms in total. The lowest BCUT2D eigenvalue weighted by atomic mass is 10.2. The number of anilines is 2. The van der Waals surface area contributed by atoms with Crippen molar-refractivity contribution in [2.45, 2.75) is 6.54 Å². The maximum atomic E-state index is 6.08. The molecule has 0 saturated heterocycles. The number of H-pyrrole nitrogens is 1. The molecule has 0 radical (unpaired) electrons. The molecule has 0 aliphatic heterocycles. The maximum Gasteiger partial charge on any atom is 0.186 e. The molecule has 0 atom stereocenters. The zero-order chi connectivity index (χ0) is 18.1. The Morgan fingerprint density at radius 2 is 2.19 bits per heavy atom. The Bertz CT molecular complexity index is 1050. The second-order valence-corrected chi connectivity index (χ2v) is 5.75. The molecule has 4 aromatic heterocycles. The summed E-state index contributed by atoms with van der Waals surface area (Å²) in [5, 5.41) is 14.2. The first-order chi connectivity index (χ1) is 12.7. The van der Waals surface area contributed by atoms with Crippen LogP contribution in [0.2, 0.25) is 0 Å². The third-order valence-corrected chi connectivity index (χ3v) is 4.03. The molecule has 4 aromatic rings. The van der Waals surface area contributed by atoms with E-state index in [1.54, 1.807) is 30.3 Å². The molecule has 0 bridgehead atoms. The van der Waals surface area contributed by atoms with E-state index < -0.39 is 0 Å². The van der Waals surface area contributed by atoms with Gasteiger partial charge in [0, 0.05) is 37.4 Å². The lowest BCUT2D eigenvalue weighted by molar-refractivity contribution is 0.680. The summed E-state index contributed by atoms with van der Waals surface area (Å²) in [6, 6.07) is 3.85. The van der Waals surface area contributed by atoms with Crippen molar-refractivity contribution in [3.8, 4) is 11.3 Å². The van der Waals surface area contributed by atoms with E-state index >= 15 is 0 Å². The topological polar surface area (TPSA) is 126 Å². The van der Waals surface area contributed by atoms with Crippen molar-refractivity contribution in [2.75, 3.05) is 17.8 Å². The number of nitrogen functional groups attached to an aromatic ring is 1. The van der Waals surface area contributed by atoms with Crippen LogP contribution >= 0.6 is 0 Å². The number of hydrogen-bond acceptors (Lipinski definition) is 8. The van der Waals surface area contributed by atoms with Crippen molar-refractivity contribution in [1.29, 1.82) is 0 Å². The standard InChI is InChI=1S/C16H18N10/c1-18-26(9-13-11-4-3-5-19-15(11)24-23-13)16-14(17)20-7-12(22-16)10-6-21-25(2)8-10/h3-8,18H,9H2,1-2H3,(H2,17,20)(H,19,23,24). The fourth-order valence-electron chi connectivity index (χ4n) is 2.72. The summed E-state index contributed by atoms with van der Waals surface area (Å²) in [6.45, 7) is 0.466. The van der Waals surface area contributed by atoms with Crippen molar-refractivity contribution >= 4 is 22.7 Å². The zero-order valence-electron chi connectivity index (χ0n) is 14.4. The average Bonchev–Trinajstić information content (AvgIpc) is 3.27. The van der Waals surface area contributed by atoms with Gasteiger partial charge in [-0.15, -0.1) is 0 Å². The van der Waals surface area contributed by atoms with Crippen LogP contribution in [0, 0.1) is 0 Å². The molecular formula is C16H18N10. The van der Waals surface area contributed by atoms with E-state index in [1.165, 1.54) is 0 Å². The third kappa shape index (κ3) is 2.82. The van der Waals surface area contributed by atoms with Gasteiger partial charge >= 0.3 is 0 Å². The predicted octanol–water partition coefficient (Wildman–Crippen LogP) is 0.872. The van der Waals surface area contributed by atoms with Gasteiger partial charge in [0.1, 0.15) is 0 Å². The van der Waals surface area contributed by atoms with E-state index in [1.807, 2.05) is 30.4 Å². The van der Waals surface area contributed by atoms with Crippen LogP contribution in [-0.2, 0) is 13.6 Å². The van der Waals surface area contributed by atoms with Crippen molar-refractivity contribution in [3.63, 3.8) is 0 Å². The van der Waals surface area contributed by atoms with Crippen molar-refractivity contribution in [3.05, 3.63) is 42.6 Å². The first kappa shape index (κ1) is 16.0. The van der Waals surface area contributed by atoms with Gasteiger partial charge in [0.2, 0.25) is 0 Å². The zero-order valence-corrected chi connectivity index (χ0v) is 14.4. The Morgan fingerprint density at radius 3 is 2.96 bits per heavy atom. The van der Waals surface area contributed by atoms with Gasteiger partial charge in [-0.25, -0.2) is 20.4 Å². The molecule has 4 rings (SSSR count). The van der Waals surface area contributed by atoms with Gasteiger partial charge in [-0.05, 0) is 12.1 Å². The second-order valence-electron chi connectivity index (χ2n) is 5.75. The fraction of sp³-hybridized carbons (Fsp3) is 0.188. The smallest absolute Gasteiger partial charge is 0.186 e. The van der Waals surface area contributed by atoms with Crippen molar-refractivity contribution in [2.24, 2.45) is 7.05 Å². The number of nitrogens with two attached hydrogens (primary N) is 1. The number of nitrogens with zero attached hydrogens (tertiary/aromatic N) is 7. The average molecular weight is 350 g/mol. The van der Waals surface area contributed by atoms with Gasteiger partial charge in [-0.1, -0.05) is 0 Å². The molecule has 0 unspecified atom stereocenters. The van der Waals surface area contributed by atoms with Crippen LogP contribution in [0.5, 0.6) is 0 Å². The summed E-state index contributed by atoms with van der Waals surface area (Å²) in [4.78, 5) is 13.2. The normalized spacial score (nSPS) is 11.2. The first-order valence-corrected chi connectivity index (χ1v) is 8.00. The van der Waals surface area contributed by atoms with E-state index in [9.17, 15) is 0 Å². The minimum absolute atomic E-state index is 0.328. The van der Waals surface area contributed by atoms with Gasteiger partial charge in [-0.2, -0.15) is 10.2 Å². The van der Waals surface area contributed by atoms with E-state index in [2.05, 4.69) is 35.7 Å². The Kier molecular flexibility index (Phi) is 3.93. The number of aromatic amines is 1. The summed E-state index contributed by atoms with van der Waals surface area (Å²) in [5.74, 6) is 0.856. The number of aromatic nitrogens is 7. The Hall–Kier alpha value is -3.53. The number of pyridine rings is 1. The summed E-state index contributed by atoms with van der Waals surface area (Å²) >= 11 is 0. The minimum atomic E-state index is 0.328. The van der Waals surface area contributed by atoms with Crippen LogP contribution in [0.4, 0.5) is 11.6 Å². The van der Waals surface area contributed by atoms with Crippen LogP contribution in [0.1, 0.15) is 5.69 Å². The highest BCUT2D eigenvalue weighted by Gasteiger charge is 2.17. The Morgan fingerprint density at radius 1 is 1.31 bits per heavy atom. The molecule has 0 aromatic carbocycles. The van der Waals surface area contributed by atoms with Crippen LogP contribution in [0.3, 0.4) is 0 Å². The van der Waals surface area contributed by atoms with E-state index in [-0.39, 0.29) is 0 Å². The number of nitrogens with one attached hydrogen (secondary N) is 2. The fourth-order valence-corrected chi connectivity index (χ4v) is 2.72. The Labute approximate surface area is 149 Å². The molecule has 0 aliphatic carbocycles. The van der Waals surface area contributed by atoms with E-state index in [4.69, 9.17) is 5.73 Å². The third-order valence-electron chi connectivity index (χ3n) is 4.03. The van der Waals surface area contributed by atoms with Crippen LogP contribution in [-0.4, -0.2) is 42.0 Å². The molecule has 0 fully saturated rings. The molecule has 4 heterocycles. The number of fused-ring (bicyclic) bond motifs is 1. The monoisotopic (exact) mass is 350 g/mol. The number of hydrogen-bond donors (Lipinski definition) is 3. The van der Waals surface area contributed by atoms with E-state index in [0.717, 1.165) is 16.6 Å². The Balaban J connectivity index is 1.70. The molecular weight excluding hydrogens is 332 g/mol. The molecule has 132 valence electrons. The quantitative estimate of drug-likeness (QED) is 0.453. The summed E-state index contributed by atoms with van der Waals surface area (Å²) in [7, 11) is 3.65.